The molecule has 0 fully saturated rings. The van der Waals surface area contributed by atoms with E-state index >= 15 is 0 Å². The zero-order valence-corrected chi connectivity index (χ0v) is 22.0. The Labute approximate surface area is 214 Å². The minimum Gasteiger partial charge on any atom is -0.495 e. The van der Waals surface area contributed by atoms with E-state index in [1.807, 2.05) is 0 Å². The van der Waals surface area contributed by atoms with Gasteiger partial charge in [0.2, 0.25) is 0 Å². The first-order valence-corrected chi connectivity index (χ1v) is 12.8. The van der Waals surface area contributed by atoms with Gasteiger partial charge in [0, 0.05) is 12.2 Å². The van der Waals surface area contributed by atoms with Crippen molar-refractivity contribution in [1.29, 1.82) is 0 Å². The largest absolute Gasteiger partial charge is 0.495 e. The molecular weight excluding hydrogens is 485 g/mol. The lowest BCUT2D eigenvalue weighted by atomic mass is 9.96. The van der Waals surface area contributed by atoms with Gasteiger partial charge < -0.3 is 30.0 Å². The molecule has 196 valence electrons. The second-order valence-corrected chi connectivity index (χ2v) is 10.6. The zero-order valence-electron chi connectivity index (χ0n) is 21.2. The van der Waals surface area contributed by atoms with Crippen molar-refractivity contribution >= 4 is 40.8 Å². The first-order valence-electron chi connectivity index (χ1n) is 11.4. The number of hydrogen-bond acceptors (Lipinski definition) is 8. The first-order chi connectivity index (χ1) is 16.9. The average molecular weight is 519 g/mol. The number of alkyl carbamates (subject to hydrolysis) is 1. The third kappa shape index (κ3) is 9.25. The van der Waals surface area contributed by atoms with Gasteiger partial charge in [-0.15, -0.1) is 0 Å². The quantitative estimate of drug-likeness (QED) is 0.233. The Morgan fingerprint density at radius 3 is 2.28 bits per heavy atom. The monoisotopic (exact) mass is 519 g/mol. The third-order valence-corrected chi connectivity index (χ3v) is 6.51. The van der Waals surface area contributed by atoms with Crippen LogP contribution in [0.5, 0.6) is 5.75 Å². The number of hydrogen-bond donors (Lipinski definition) is 2. The van der Waals surface area contributed by atoms with Gasteiger partial charge in [0.1, 0.15) is 24.1 Å². The van der Waals surface area contributed by atoms with Gasteiger partial charge in [-0.3, -0.25) is 4.31 Å². The van der Waals surface area contributed by atoms with Gasteiger partial charge in [0.15, 0.2) is 0 Å². The maximum Gasteiger partial charge on any atom is 0.407 e. The molecule has 12 heteroatoms. The lowest BCUT2D eigenvalue weighted by Gasteiger charge is -2.25. The molecule has 0 saturated heterocycles. The molecule has 2 aromatic carbocycles. The maximum atomic E-state index is 13.6. The van der Waals surface area contributed by atoms with E-state index in [0.717, 1.165) is 0 Å². The summed E-state index contributed by atoms with van der Waals surface area (Å²) in [5, 5.41) is 2.60. The number of carbonyl (C=O) groups excluding carboxylic acids is 1. The topological polar surface area (TPSA) is 129 Å². The van der Waals surface area contributed by atoms with Crippen molar-refractivity contribution in [3.63, 3.8) is 0 Å². The Bertz CT molecular complexity index is 1090. The highest BCUT2D eigenvalue weighted by molar-refractivity contribution is 7.93. The molecule has 0 aliphatic carbocycles. The summed E-state index contributed by atoms with van der Waals surface area (Å²) in [6.07, 6.45) is -0.511. The number of nitrogens with zero attached hydrogens (tertiary/aromatic N) is 1. The number of sulfonamides is 1. The first kappa shape index (κ1) is 29.3. The lowest BCUT2D eigenvalue weighted by molar-refractivity contribution is 0.0412. The van der Waals surface area contributed by atoms with Gasteiger partial charge in [-0.2, -0.15) is 0 Å². The van der Waals surface area contributed by atoms with Crippen LogP contribution in [0.4, 0.5) is 16.2 Å². The summed E-state index contributed by atoms with van der Waals surface area (Å²) >= 11 is 0. The number of ether oxygens (including phenoxy) is 4. The van der Waals surface area contributed by atoms with E-state index in [1.165, 1.54) is 23.5 Å². The fourth-order valence-corrected chi connectivity index (χ4v) is 4.69. The van der Waals surface area contributed by atoms with Crippen LogP contribution in [0.3, 0.4) is 0 Å². The van der Waals surface area contributed by atoms with E-state index in [9.17, 15) is 13.2 Å². The molecule has 0 heterocycles. The van der Waals surface area contributed by atoms with Crippen LogP contribution in [-0.4, -0.2) is 74.6 Å². The fraction of sp³-hybridized carbons (Fsp3) is 0.458. The van der Waals surface area contributed by atoms with Crippen LogP contribution < -0.4 is 25.6 Å². The predicted molar refractivity (Wildman–Crippen MR) is 140 cm³/mol. The molecule has 0 spiro atoms. The number of anilines is 2. The SMILES string of the molecule is [B]c1ccc(N(CCOCCOCCNC(=O)OC(C)(C)C)S(=O)(=O)c2cc(N)ccc2OC)cc1. The minimum atomic E-state index is -4.03. The Morgan fingerprint density at radius 2 is 1.67 bits per heavy atom. The van der Waals surface area contributed by atoms with E-state index < -0.39 is 21.7 Å². The molecular formula is C24H34BN3O7S. The van der Waals surface area contributed by atoms with Gasteiger partial charge >= 0.3 is 6.09 Å². The summed E-state index contributed by atoms with van der Waals surface area (Å²) in [6.45, 7) is 6.57. The van der Waals surface area contributed by atoms with Crippen LogP contribution in [0.25, 0.3) is 0 Å². The molecule has 0 atom stereocenters. The number of rotatable bonds is 13. The van der Waals surface area contributed by atoms with Crippen molar-refractivity contribution in [2.75, 3.05) is 56.7 Å². The Kier molecular flexibility index (Phi) is 10.9. The summed E-state index contributed by atoms with van der Waals surface area (Å²) in [6, 6.07) is 10.9. The molecule has 2 rings (SSSR count). The lowest BCUT2D eigenvalue weighted by Crippen LogP contribution is -2.35. The second kappa shape index (κ2) is 13.4. The molecule has 3 N–H and O–H groups in total. The molecule has 0 aliphatic heterocycles. The number of nitrogen functional groups attached to an aromatic ring is 1. The highest BCUT2D eigenvalue weighted by Crippen LogP contribution is 2.31. The molecule has 0 saturated carbocycles. The third-order valence-electron chi connectivity index (χ3n) is 4.66. The molecule has 2 radical (unpaired) electrons. The van der Waals surface area contributed by atoms with Crippen molar-refractivity contribution in [3.05, 3.63) is 42.5 Å². The summed E-state index contributed by atoms with van der Waals surface area (Å²) in [4.78, 5) is 11.5. The normalized spacial score (nSPS) is 11.7. The molecule has 0 unspecified atom stereocenters. The molecule has 10 nitrogen and oxygen atoms in total. The number of benzene rings is 2. The summed E-state index contributed by atoms with van der Waals surface area (Å²) in [5.41, 5.74) is 6.50. The number of nitrogens with one attached hydrogen (secondary N) is 1. The fourth-order valence-electron chi connectivity index (χ4n) is 3.05. The van der Waals surface area contributed by atoms with Crippen LogP contribution in [0.1, 0.15) is 20.8 Å². The zero-order chi connectivity index (χ0) is 26.8. The van der Waals surface area contributed by atoms with Gasteiger partial charge in [-0.05, 0) is 51.1 Å². The summed E-state index contributed by atoms with van der Waals surface area (Å²) < 4.78 is 49.8. The smallest absolute Gasteiger partial charge is 0.407 e. The number of amides is 1. The Morgan fingerprint density at radius 1 is 1.03 bits per heavy atom. The molecule has 0 bridgehead atoms. The van der Waals surface area contributed by atoms with Crippen LogP contribution >= 0.6 is 0 Å². The average Bonchev–Trinajstić information content (AvgIpc) is 2.80. The molecule has 2 aromatic rings. The molecule has 0 aliphatic rings. The maximum absolute atomic E-state index is 13.6. The number of methoxy groups -OCH3 is 1. The van der Waals surface area contributed by atoms with Crippen molar-refractivity contribution in [2.45, 2.75) is 31.3 Å². The van der Waals surface area contributed by atoms with Crippen LogP contribution in [0, 0.1) is 0 Å². The van der Waals surface area contributed by atoms with Gasteiger partial charge in [-0.1, -0.05) is 17.6 Å². The van der Waals surface area contributed by atoms with E-state index in [0.29, 0.717) is 23.4 Å². The van der Waals surface area contributed by atoms with E-state index in [1.54, 1.807) is 51.1 Å². The number of nitrogens with two attached hydrogens (primary N) is 1. The standard InChI is InChI=1S/C24H34BN3O7S/c1-24(2,3)35-23(29)27-11-13-33-15-16-34-14-12-28(20-8-5-18(25)6-9-20)36(30,31)22-17-19(26)7-10-21(22)32-4/h5-10,17H,11-16,26H2,1-4H3,(H,27,29). The van der Waals surface area contributed by atoms with E-state index in [-0.39, 0.29) is 43.6 Å². The van der Waals surface area contributed by atoms with Crippen molar-refractivity contribution in [2.24, 2.45) is 0 Å². The summed E-state index contributed by atoms with van der Waals surface area (Å²) in [7, 11) is 3.13. The van der Waals surface area contributed by atoms with Crippen LogP contribution in [0.2, 0.25) is 0 Å². The van der Waals surface area contributed by atoms with Crippen molar-refractivity contribution < 1.29 is 32.2 Å². The highest BCUT2D eigenvalue weighted by Gasteiger charge is 2.28. The summed E-state index contributed by atoms with van der Waals surface area (Å²) in [5.74, 6) is 0.180. The van der Waals surface area contributed by atoms with Gasteiger partial charge in [0.25, 0.3) is 10.0 Å². The van der Waals surface area contributed by atoms with Gasteiger partial charge in [-0.25, -0.2) is 13.2 Å². The highest BCUT2D eigenvalue weighted by atomic mass is 32.2. The minimum absolute atomic E-state index is 0.0321. The predicted octanol–water partition coefficient (Wildman–Crippen LogP) is 1.82. The van der Waals surface area contributed by atoms with Gasteiger partial charge in [0.05, 0.1) is 45.8 Å². The molecule has 0 aromatic heterocycles. The van der Waals surface area contributed by atoms with Crippen molar-refractivity contribution in [3.8, 4) is 5.75 Å². The Balaban J connectivity index is 1.92. The number of carbonyl (C=O) groups is 1. The Hall–Kier alpha value is -2.96. The van der Waals surface area contributed by atoms with Crippen LogP contribution in [0.15, 0.2) is 47.4 Å². The second-order valence-electron chi connectivity index (χ2n) is 8.73. The van der Waals surface area contributed by atoms with E-state index in [4.69, 9.17) is 32.5 Å². The molecule has 36 heavy (non-hydrogen) atoms. The molecule has 1 amide bonds. The van der Waals surface area contributed by atoms with Crippen LogP contribution in [-0.2, 0) is 24.2 Å². The van der Waals surface area contributed by atoms with Crippen molar-refractivity contribution in [1.82, 2.24) is 5.32 Å². The van der Waals surface area contributed by atoms with E-state index in [2.05, 4.69) is 5.32 Å².